The Morgan fingerprint density at radius 3 is 2.92 bits per heavy atom. The smallest absolute Gasteiger partial charge is 0.321 e. The van der Waals surface area contributed by atoms with Gasteiger partial charge in [-0.25, -0.2) is 4.79 Å². The molecule has 0 aliphatic carbocycles. The fraction of sp³-hybridized carbons (Fsp3) is 0.286. The highest BCUT2D eigenvalue weighted by atomic mass is 79.9. The van der Waals surface area contributed by atoms with E-state index in [1.165, 1.54) is 0 Å². The molecule has 0 aromatic carbocycles. The fourth-order valence-corrected chi connectivity index (χ4v) is 1.00. The lowest BCUT2D eigenvalue weighted by atomic mass is 10.6. The zero-order valence-electron chi connectivity index (χ0n) is 6.56. The molecule has 1 rings (SSSR count). The molecule has 0 atom stereocenters. The van der Waals surface area contributed by atoms with Crippen LogP contribution in [-0.2, 0) is 0 Å². The van der Waals surface area contributed by atoms with Crippen molar-refractivity contribution >= 4 is 27.8 Å². The zero-order valence-corrected chi connectivity index (χ0v) is 8.14. The van der Waals surface area contributed by atoms with Gasteiger partial charge in [0, 0.05) is 12.6 Å². The minimum atomic E-state index is -0.264. The first-order valence-corrected chi connectivity index (χ1v) is 4.32. The summed E-state index contributed by atoms with van der Waals surface area (Å²) in [5, 5.41) is 5.09. The van der Waals surface area contributed by atoms with Gasteiger partial charge in [0.2, 0.25) is 5.88 Å². The Morgan fingerprint density at radius 1 is 1.67 bits per heavy atom. The molecule has 12 heavy (non-hydrogen) atoms. The third kappa shape index (κ3) is 2.58. The molecular weight excluding hydrogens is 224 g/mol. The highest BCUT2D eigenvalue weighted by Gasteiger charge is 2.02. The average Bonchev–Trinajstić information content (AvgIpc) is 2.36. The van der Waals surface area contributed by atoms with Crippen molar-refractivity contribution in [2.45, 2.75) is 6.92 Å². The maximum absolute atomic E-state index is 10.9. The molecular formula is C7H9BrN2O2. The first kappa shape index (κ1) is 9.12. The van der Waals surface area contributed by atoms with E-state index in [9.17, 15) is 4.79 Å². The molecule has 0 bridgehead atoms. The van der Waals surface area contributed by atoms with E-state index in [1.54, 1.807) is 12.1 Å². The van der Waals surface area contributed by atoms with Crippen LogP contribution in [0, 0.1) is 0 Å². The van der Waals surface area contributed by atoms with E-state index in [-0.39, 0.29) is 6.03 Å². The van der Waals surface area contributed by atoms with Gasteiger partial charge in [0.1, 0.15) is 0 Å². The molecule has 0 unspecified atom stereocenters. The number of hydrogen-bond donors (Lipinski definition) is 2. The molecule has 1 aromatic rings. The van der Waals surface area contributed by atoms with Gasteiger partial charge in [0.15, 0.2) is 4.67 Å². The number of halogens is 1. The molecule has 0 saturated carbocycles. The molecule has 0 fully saturated rings. The average molecular weight is 233 g/mol. The number of hydrogen-bond acceptors (Lipinski definition) is 2. The molecule has 0 spiro atoms. The molecule has 2 amide bonds. The van der Waals surface area contributed by atoms with Crippen molar-refractivity contribution in [3.8, 4) is 0 Å². The van der Waals surface area contributed by atoms with Crippen LogP contribution in [0.1, 0.15) is 6.92 Å². The van der Waals surface area contributed by atoms with Gasteiger partial charge in [-0.2, -0.15) is 0 Å². The van der Waals surface area contributed by atoms with E-state index in [0.717, 1.165) is 0 Å². The first-order chi connectivity index (χ1) is 5.72. The Bertz CT molecular complexity index is 272. The van der Waals surface area contributed by atoms with Crippen molar-refractivity contribution in [1.29, 1.82) is 0 Å². The summed E-state index contributed by atoms with van der Waals surface area (Å²) in [6, 6.07) is 3.11. The lowest BCUT2D eigenvalue weighted by Crippen LogP contribution is -2.27. The van der Waals surface area contributed by atoms with Crippen LogP contribution in [0.25, 0.3) is 0 Å². The highest BCUT2D eigenvalue weighted by molar-refractivity contribution is 9.10. The predicted molar refractivity (Wildman–Crippen MR) is 49.1 cm³/mol. The van der Waals surface area contributed by atoms with Crippen LogP contribution >= 0.6 is 15.9 Å². The van der Waals surface area contributed by atoms with Gasteiger partial charge in [-0.15, -0.1) is 0 Å². The second-order valence-corrected chi connectivity index (χ2v) is 2.87. The Hall–Kier alpha value is -0.970. The number of amides is 2. The normalized spacial score (nSPS) is 9.50. The number of carbonyl (C=O) groups is 1. The molecule has 4 nitrogen and oxygen atoms in total. The lowest BCUT2D eigenvalue weighted by molar-refractivity contribution is 0.252. The van der Waals surface area contributed by atoms with E-state index >= 15 is 0 Å². The molecule has 0 radical (unpaired) electrons. The Morgan fingerprint density at radius 2 is 2.42 bits per heavy atom. The summed E-state index contributed by atoms with van der Waals surface area (Å²) in [5.74, 6) is 0.424. The second-order valence-electron chi connectivity index (χ2n) is 2.09. The van der Waals surface area contributed by atoms with Gasteiger partial charge in [-0.3, -0.25) is 5.32 Å². The standard InChI is InChI=1S/C7H9BrN2O2/c1-2-9-7(11)10-6-4-3-5(8)12-6/h3-4H,2H2,1H3,(H2,9,10,11). The van der Waals surface area contributed by atoms with Crippen LogP contribution in [0.5, 0.6) is 0 Å². The van der Waals surface area contributed by atoms with E-state index in [4.69, 9.17) is 4.42 Å². The van der Waals surface area contributed by atoms with Gasteiger partial charge < -0.3 is 9.73 Å². The van der Waals surface area contributed by atoms with Gasteiger partial charge in [0.05, 0.1) is 0 Å². The van der Waals surface area contributed by atoms with Crippen LogP contribution in [0.2, 0.25) is 0 Å². The molecule has 66 valence electrons. The molecule has 0 aliphatic rings. The van der Waals surface area contributed by atoms with E-state index in [1.807, 2.05) is 6.92 Å². The van der Waals surface area contributed by atoms with Crippen molar-refractivity contribution in [1.82, 2.24) is 5.32 Å². The van der Waals surface area contributed by atoms with Gasteiger partial charge in [0.25, 0.3) is 0 Å². The molecule has 2 N–H and O–H groups in total. The molecule has 5 heteroatoms. The van der Waals surface area contributed by atoms with Crippen molar-refractivity contribution in [3.05, 3.63) is 16.8 Å². The van der Waals surface area contributed by atoms with E-state index < -0.39 is 0 Å². The van der Waals surface area contributed by atoms with Crippen molar-refractivity contribution in [3.63, 3.8) is 0 Å². The number of urea groups is 1. The van der Waals surface area contributed by atoms with Crippen LogP contribution < -0.4 is 10.6 Å². The van der Waals surface area contributed by atoms with E-state index in [0.29, 0.717) is 17.1 Å². The largest absolute Gasteiger partial charge is 0.434 e. The Labute approximate surface area is 78.4 Å². The number of furan rings is 1. The molecule has 0 saturated heterocycles. The zero-order chi connectivity index (χ0) is 8.97. The summed E-state index contributed by atoms with van der Waals surface area (Å²) in [7, 11) is 0. The van der Waals surface area contributed by atoms with Gasteiger partial charge in [-0.1, -0.05) is 0 Å². The van der Waals surface area contributed by atoms with Gasteiger partial charge >= 0.3 is 6.03 Å². The van der Waals surface area contributed by atoms with Crippen molar-refractivity contribution in [2.75, 3.05) is 11.9 Å². The van der Waals surface area contributed by atoms with Crippen LogP contribution in [0.4, 0.5) is 10.7 Å². The summed E-state index contributed by atoms with van der Waals surface area (Å²) in [5.41, 5.74) is 0. The summed E-state index contributed by atoms with van der Waals surface area (Å²) in [6.45, 7) is 2.44. The maximum Gasteiger partial charge on any atom is 0.321 e. The van der Waals surface area contributed by atoms with Crippen LogP contribution in [0.15, 0.2) is 21.2 Å². The predicted octanol–water partition coefficient (Wildman–Crippen LogP) is 2.18. The monoisotopic (exact) mass is 232 g/mol. The van der Waals surface area contributed by atoms with Crippen molar-refractivity contribution < 1.29 is 9.21 Å². The summed E-state index contributed by atoms with van der Waals surface area (Å²) >= 11 is 3.12. The van der Waals surface area contributed by atoms with E-state index in [2.05, 4.69) is 26.6 Å². The SMILES string of the molecule is CCNC(=O)Nc1ccc(Br)o1. The molecule has 1 aromatic heterocycles. The van der Waals surface area contributed by atoms with Crippen molar-refractivity contribution in [2.24, 2.45) is 0 Å². The van der Waals surface area contributed by atoms with Gasteiger partial charge in [-0.05, 0) is 28.9 Å². The number of anilines is 1. The maximum atomic E-state index is 10.9. The lowest BCUT2D eigenvalue weighted by Gasteiger charge is -2.00. The summed E-state index contributed by atoms with van der Waals surface area (Å²) in [6.07, 6.45) is 0. The molecule has 1 heterocycles. The second kappa shape index (κ2) is 4.15. The minimum Gasteiger partial charge on any atom is -0.434 e. The topological polar surface area (TPSA) is 54.3 Å². The Kier molecular flexibility index (Phi) is 3.16. The number of rotatable bonds is 2. The third-order valence-electron chi connectivity index (χ3n) is 1.15. The number of carbonyl (C=O) groups excluding carboxylic acids is 1. The fourth-order valence-electron chi connectivity index (χ4n) is 0.698. The molecule has 0 aliphatic heterocycles. The third-order valence-corrected chi connectivity index (χ3v) is 1.57. The minimum absolute atomic E-state index is 0.264. The number of nitrogens with one attached hydrogen (secondary N) is 2. The highest BCUT2D eigenvalue weighted by Crippen LogP contribution is 2.17. The van der Waals surface area contributed by atoms with Crippen LogP contribution in [-0.4, -0.2) is 12.6 Å². The quantitative estimate of drug-likeness (QED) is 0.822. The first-order valence-electron chi connectivity index (χ1n) is 3.52. The Balaban J connectivity index is 2.46. The summed E-state index contributed by atoms with van der Waals surface area (Å²) < 4.78 is 5.64. The summed E-state index contributed by atoms with van der Waals surface area (Å²) in [4.78, 5) is 10.9. The van der Waals surface area contributed by atoms with Crippen LogP contribution in [0.3, 0.4) is 0 Å².